The Morgan fingerprint density at radius 2 is 1.19 bits per heavy atom. The molecular weight excluding hydrogens is 440 g/mol. The van der Waals surface area contributed by atoms with Crippen LogP contribution in [0, 0.1) is 5.92 Å². The number of hydrogen-bond acceptors (Lipinski definition) is 6. The molecule has 1 aromatic rings. The lowest BCUT2D eigenvalue weighted by Gasteiger charge is -2.27. The normalized spacial score (nSPS) is 12.3. The first-order valence-corrected chi connectivity index (χ1v) is 16.9. The van der Waals surface area contributed by atoms with Crippen molar-refractivity contribution in [1.29, 1.82) is 0 Å². The van der Waals surface area contributed by atoms with Gasteiger partial charge in [-0.25, -0.2) is 0 Å². The molecule has 0 bridgehead atoms. The minimum atomic E-state index is -3.73. The number of benzene rings is 1. The van der Waals surface area contributed by atoms with Crippen LogP contribution >= 0.6 is 0 Å². The standard InChI is InChI=1S/C16H22O6Si.C8H20Si/c1-12(16-8-6-5-7-9-16)10-11-23(20-13(2)17,21-14(3)18)22-15(4)19;1-8(2)6-7-9(3,4)5/h5-9,12H,10-11H2,1-4H3;8H,6-7H2,1-5H3. The Balaban J connectivity index is 0.000000900. The van der Waals surface area contributed by atoms with Gasteiger partial charge in [0.2, 0.25) is 0 Å². The molecule has 0 radical (unpaired) electrons. The van der Waals surface area contributed by atoms with Crippen LogP contribution < -0.4 is 0 Å². The molecule has 0 aliphatic carbocycles. The summed E-state index contributed by atoms with van der Waals surface area (Å²) in [7, 11) is -4.45. The largest absolute Gasteiger partial charge is 0.705 e. The second kappa shape index (κ2) is 14.3. The molecule has 1 atom stereocenters. The predicted octanol–water partition coefficient (Wildman–Crippen LogP) is 6.18. The first kappa shape index (κ1) is 30.1. The molecule has 32 heavy (non-hydrogen) atoms. The van der Waals surface area contributed by atoms with Crippen LogP contribution in [-0.4, -0.2) is 34.8 Å². The van der Waals surface area contributed by atoms with Crippen LogP contribution in [0.25, 0.3) is 0 Å². The lowest BCUT2D eigenvalue weighted by molar-refractivity contribution is -0.147. The van der Waals surface area contributed by atoms with Gasteiger partial charge in [0.1, 0.15) is 0 Å². The van der Waals surface area contributed by atoms with Crippen LogP contribution in [0.2, 0.25) is 31.7 Å². The Hall–Kier alpha value is -1.94. The molecular formula is C24H42O6Si2. The van der Waals surface area contributed by atoms with Crippen molar-refractivity contribution in [2.45, 2.75) is 92.0 Å². The Bertz CT molecular complexity index is 672. The molecule has 0 aromatic heterocycles. The third-order valence-corrected chi connectivity index (χ3v) is 9.11. The molecule has 1 rings (SSSR count). The Labute approximate surface area is 196 Å². The van der Waals surface area contributed by atoms with Gasteiger partial charge in [-0.1, -0.05) is 83.2 Å². The van der Waals surface area contributed by atoms with E-state index in [0.717, 1.165) is 11.5 Å². The van der Waals surface area contributed by atoms with E-state index in [1.54, 1.807) is 0 Å². The SMILES string of the molecule is CC(=O)O[Si](CCC(C)c1ccccc1)(OC(C)=O)OC(C)=O.CC(C)CC[Si](C)(C)C. The molecule has 0 saturated heterocycles. The summed E-state index contributed by atoms with van der Waals surface area (Å²) in [5, 5.41) is 0. The molecule has 1 aromatic carbocycles. The Morgan fingerprint density at radius 1 is 0.750 bits per heavy atom. The molecule has 0 fully saturated rings. The highest BCUT2D eigenvalue weighted by Gasteiger charge is 2.51. The second-order valence-electron chi connectivity index (χ2n) is 9.81. The monoisotopic (exact) mass is 482 g/mol. The van der Waals surface area contributed by atoms with Gasteiger partial charge < -0.3 is 13.3 Å². The van der Waals surface area contributed by atoms with Crippen molar-refractivity contribution >= 4 is 34.8 Å². The average Bonchev–Trinajstić information content (AvgIpc) is 2.63. The smallest absolute Gasteiger partial charge is 0.455 e. The van der Waals surface area contributed by atoms with Crippen LogP contribution in [-0.2, 0) is 27.7 Å². The van der Waals surface area contributed by atoms with E-state index in [1.165, 1.54) is 33.2 Å². The first-order chi connectivity index (χ1) is 14.7. The number of carbonyl (C=O) groups excluding carboxylic acids is 3. The van der Waals surface area contributed by atoms with E-state index < -0.39 is 34.8 Å². The van der Waals surface area contributed by atoms with Gasteiger partial charge in [0, 0.05) is 28.8 Å². The molecule has 1 unspecified atom stereocenters. The van der Waals surface area contributed by atoms with Crippen LogP contribution in [0.4, 0.5) is 0 Å². The molecule has 6 nitrogen and oxygen atoms in total. The van der Waals surface area contributed by atoms with Crippen molar-refractivity contribution in [3.05, 3.63) is 35.9 Å². The fourth-order valence-corrected chi connectivity index (χ4v) is 6.91. The summed E-state index contributed by atoms with van der Waals surface area (Å²) >= 11 is 0. The Kier molecular flexibility index (Phi) is 13.4. The molecule has 0 heterocycles. The van der Waals surface area contributed by atoms with Crippen molar-refractivity contribution in [2.24, 2.45) is 5.92 Å². The summed E-state index contributed by atoms with van der Waals surface area (Å²) in [4.78, 5) is 34.1. The van der Waals surface area contributed by atoms with Gasteiger partial charge in [-0.05, 0) is 23.8 Å². The zero-order valence-electron chi connectivity index (χ0n) is 21.3. The number of rotatable bonds is 10. The van der Waals surface area contributed by atoms with Gasteiger partial charge in [0.05, 0.1) is 6.04 Å². The lowest BCUT2D eigenvalue weighted by Crippen LogP contribution is -2.49. The number of carbonyl (C=O) groups is 3. The summed E-state index contributed by atoms with van der Waals surface area (Å²) in [5.74, 6) is -0.911. The predicted molar refractivity (Wildman–Crippen MR) is 133 cm³/mol. The molecule has 8 heteroatoms. The maximum absolute atomic E-state index is 11.4. The third-order valence-electron chi connectivity index (χ3n) is 4.62. The van der Waals surface area contributed by atoms with Crippen LogP contribution in [0.3, 0.4) is 0 Å². The molecule has 0 N–H and O–H groups in total. The summed E-state index contributed by atoms with van der Waals surface area (Å²) in [6.07, 6.45) is 1.97. The third kappa shape index (κ3) is 15.0. The van der Waals surface area contributed by atoms with Crippen molar-refractivity contribution < 1.29 is 27.7 Å². The zero-order valence-corrected chi connectivity index (χ0v) is 23.3. The minimum absolute atomic E-state index is 0.129. The van der Waals surface area contributed by atoms with E-state index in [4.69, 9.17) is 13.3 Å². The van der Waals surface area contributed by atoms with Crippen LogP contribution in [0.5, 0.6) is 0 Å². The Morgan fingerprint density at radius 3 is 1.50 bits per heavy atom. The molecule has 182 valence electrons. The van der Waals surface area contributed by atoms with Gasteiger partial charge >= 0.3 is 8.80 Å². The summed E-state index contributed by atoms with van der Waals surface area (Å²) in [6, 6.07) is 11.4. The van der Waals surface area contributed by atoms with E-state index in [9.17, 15) is 14.4 Å². The first-order valence-electron chi connectivity index (χ1n) is 11.3. The van der Waals surface area contributed by atoms with Crippen molar-refractivity contribution in [3.8, 4) is 0 Å². The van der Waals surface area contributed by atoms with Crippen molar-refractivity contribution in [1.82, 2.24) is 0 Å². The van der Waals surface area contributed by atoms with Crippen molar-refractivity contribution in [2.75, 3.05) is 0 Å². The van der Waals surface area contributed by atoms with Gasteiger partial charge in [0.15, 0.2) is 0 Å². The minimum Gasteiger partial charge on any atom is -0.455 e. The maximum Gasteiger partial charge on any atom is 0.705 e. The maximum atomic E-state index is 11.4. The van der Waals surface area contributed by atoms with E-state index in [0.29, 0.717) is 6.42 Å². The fraction of sp³-hybridized carbons (Fsp3) is 0.625. The molecule has 0 amide bonds. The molecule has 0 saturated carbocycles. The zero-order chi connectivity index (χ0) is 24.9. The van der Waals surface area contributed by atoms with Gasteiger partial charge in [0.25, 0.3) is 17.9 Å². The lowest BCUT2D eigenvalue weighted by atomic mass is 9.99. The molecule has 0 aliphatic heterocycles. The summed E-state index contributed by atoms with van der Waals surface area (Å²) in [6.45, 7) is 17.5. The second-order valence-corrected chi connectivity index (χ2v) is 17.9. The summed E-state index contributed by atoms with van der Waals surface area (Å²) in [5.41, 5.74) is 1.10. The fourth-order valence-electron chi connectivity index (χ4n) is 2.94. The van der Waals surface area contributed by atoms with E-state index in [1.807, 2.05) is 37.3 Å². The number of hydrogen-bond donors (Lipinski definition) is 0. The van der Waals surface area contributed by atoms with Gasteiger partial charge in [-0.2, -0.15) is 0 Å². The topological polar surface area (TPSA) is 78.9 Å². The van der Waals surface area contributed by atoms with Crippen LogP contribution in [0.1, 0.15) is 65.9 Å². The van der Waals surface area contributed by atoms with Crippen molar-refractivity contribution in [3.63, 3.8) is 0 Å². The highest BCUT2D eigenvalue weighted by atomic mass is 28.4. The molecule has 0 spiro atoms. The summed E-state index contributed by atoms with van der Waals surface area (Å²) < 4.78 is 15.5. The highest BCUT2D eigenvalue weighted by Crippen LogP contribution is 2.27. The van der Waals surface area contributed by atoms with Gasteiger partial charge in [-0.3, -0.25) is 14.4 Å². The van der Waals surface area contributed by atoms with Crippen LogP contribution in [0.15, 0.2) is 30.3 Å². The van der Waals surface area contributed by atoms with E-state index in [2.05, 4.69) is 33.5 Å². The van der Waals surface area contributed by atoms with Gasteiger partial charge in [-0.15, -0.1) is 0 Å². The quantitative estimate of drug-likeness (QED) is 0.371. The van der Waals surface area contributed by atoms with E-state index in [-0.39, 0.29) is 12.0 Å². The van der Waals surface area contributed by atoms with E-state index >= 15 is 0 Å². The average molecular weight is 483 g/mol. The highest BCUT2D eigenvalue weighted by molar-refractivity contribution is 6.76. The molecule has 0 aliphatic rings.